The number of nitro groups is 1. The molecule has 10 nitrogen and oxygen atoms in total. The highest BCUT2D eigenvalue weighted by atomic mass is 16.6. The van der Waals surface area contributed by atoms with E-state index < -0.39 is 16.9 Å². The maximum Gasteiger partial charge on any atom is 0.319 e. The number of carbonyl (C=O) groups excluding carboxylic acids is 2. The second-order valence-corrected chi connectivity index (χ2v) is 6.02. The summed E-state index contributed by atoms with van der Waals surface area (Å²) < 4.78 is 5.12. The zero-order valence-corrected chi connectivity index (χ0v) is 15.6. The molecule has 0 aliphatic heterocycles. The molecule has 30 heavy (non-hydrogen) atoms. The standard InChI is InChI=1S/C20H17N5O5/c26-19(24-22-12-14-3-1-4-17(11-14)25(28)29)15-6-8-16(9-7-15)23-20(27)21-13-18-5-2-10-30-18/h1-12H,13H2,(H,24,26)(H2,21,23,27)/b22-12-. The Bertz CT molecular complexity index is 1060. The normalized spacial score (nSPS) is 10.5. The molecule has 1 heterocycles. The molecule has 0 aliphatic carbocycles. The second kappa shape index (κ2) is 9.64. The van der Waals surface area contributed by atoms with Gasteiger partial charge in [0.2, 0.25) is 0 Å². The largest absolute Gasteiger partial charge is 0.467 e. The smallest absolute Gasteiger partial charge is 0.319 e. The van der Waals surface area contributed by atoms with Crippen LogP contribution in [0.2, 0.25) is 0 Å². The molecule has 1 aromatic heterocycles. The van der Waals surface area contributed by atoms with Crippen molar-refractivity contribution in [3.05, 3.63) is 93.9 Å². The minimum Gasteiger partial charge on any atom is -0.467 e. The van der Waals surface area contributed by atoms with Crippen molar-refractivity contribution < 1.29 is 18.9 Å². The minimum atomic E-state index is -0.511. The average molecular weight is 407 g/mol. The van der Waals surface area contributed by atoms with Crippen molar-refractivity contribution in [2.24, 2.45) is 5.10 Å². The third-order valence-corrected chi connectivity index (χ3v) is 3.87. The number of nitro benzene ring substituents is 1. The monoisotopic (exact) mass is 407 g/mol. The Hall–Kier alpha value is -4.47. The van der Waals surface area contributed by atoms with Crippen molar-refractivity contribution >= 4 is 29.5 Å². The molecular weight excluding hydrogens is 390 g/mol. The van der Waals surface area contributed by atoms with Gasteiger partial charge in [0.05, 0.1) is 23.9 Å². The average Bonchev–Trinajstić information content (AvgIpc) is 3.27. The zero-order chi connectivity index (χ0) is 21.3. The first-order valence-corrected chi connectivity index (χ1v) is 8.76. The van der Waals surface area contributed by atoms with Crippen LogP contribution < -0.4 is 16.1 Å². The van der Waals surface area contributed by atoms with Gasteiger partial charge in [-0.05, 0) is 36.4 Å². The summed E-state index contributed by atoms with van der Waals surface area (Å²) in [5, 5.41) is 19.8. The van der Waals surface area contributed by atoms with Gasteiger partial charge in [0.25, 0.3) is 11.6 Å². The number of anilines is 1. The quantitative estimate of drug-likeness (QED) is 0.313. The number of hydrogen-bond donors (Lipinski definition) is 3. The molecule has 0 fully saturated rings. The summed E-state index contributed by atoms with van der Waals surface area (Å²) in [5.41, 5.74) is 3.58. The number of non-ortho nitro benzene ring substituents is 1. The number of amides is 3. The zero-order valence-electron chi connectivity index (χ0n) is 15.6. The third-order valence-electron chi connectivity index (χ3n) is 3.87. The van der Waals surface area contributed by atoms with Crippen molar-refractivity contribution in [2.75, 3.05) is 5.32 Å². The van der Waals surface area contributed by atoms with Crippen molar-refractivity contribution in [1.29, 1.82) is 0 Å². The van der Waals surface area contributed by atoms with Crippen LogP contribution in [0.15, 0.2) is 76.4 Å². The number of nitrogens with zero attached hydrogens (tertiary/aromatic N) is 2. The van der Waals surface area contributed by atoms with E-state index in [0.717, 1.165) is 0 Å². The van der Waals surface area contributed by atoms with E-state index in [4.69, 9.17) is 4.42 Å². The fourth-order valence-electron chi connectivity index (χ4n) is 2.41. The van der Waals surface area contributed by atoms with Gasteiger partial charge in [-0.1, -0.05) is 12.1 Å². The van der Waals surface area contributed by atoms with Crippen LogP contribution in [0, 0.1) is 10.1 Å². The van der Waals surface area contributed by atoms with Crippen LogP contribution in [-0.4, -0.2) is 23.1 Å². The summed E-state index contributed by atoms with van der Waals surface area (Å²) >= 11 is 0. The van der Waals surface area contributed by atoms with Crippen LogP contribution in [0.1, 0.15) is 21.7 Å². The predicted molar refractivity (Wildman–Crippen MR) is 109 cm³/mol. The Kier molecular flexibility index (Phi) is 6.51. The molecule has 3 N–H and O–H groups in total. The Morgan fingerprint density at radius 1 is 1.10 bits per heavy atom. The minimum absolute atomic E-state index is 0.0680. The van der Waals surface area contributed by atoms with E-state index in [1.54, 1.807) is 30.3 Å². The Morgan fingerprint density at radius 2 is 1.90 bits per heavy atom. The van der Waals surface area contributed by atoms with Gasteiger partial charge in [-0.15, -0.1) is 0 Å². The number of carbonyl (C=O) groups is 2. The molecule has 0 bridgehead atoms. The van der Waals surface area contributed by atoms with Crippen molar-refractivity contribution in [1.82, 2.24) is 10.7 Å². The number of nitrogens with one attached hydrogen (secondary N) is 3. The van der Waals surface area contributed by atoms with E-state index in [1.807, 2.05) is 0 Å². The summed E-state index contributed by atoms with van der Waals surface area (Å²) in [6.07, 6.45) is 2.83. The molecule has 10 heteroatoms. The van der Waals surface area contributed by atoms with Gasteiger partial charge >= 0.3 is 6.03 Å². The second-order valence-electron chi connectivity index (χ2n) is 6.02. The highest BCUT2D eigenvalue weighted by Crippen LogP contribution is 2.12. The highest BCUT2D eigenvalue weighted by Gasteiger charge is 2.07. The lowest BCUT2D eigenvalue weighted by molar-refractivity contribution is -0.384. The van der Waals surface area contributed by atoms with Crippen LogP contribution in [0.25, 0.3) is 0 Å². The molecule has 0 saturated carbocycles. The Labute approximate surface area is 170 Å². The molecule has 152 valence electrons. The number of furan rings is 1. The van der Waals surface area contributed by atoms with E-state index >= 15 is 0 Å². The number of hydrazone groups is 1. The first-order chi connectivity index (χ1) is 14.5. The predicted octanol–water partition coefficient (Wildman–Crippen LogP) is 3.27. The molecule has 0 radical (unpaired) electrons. The number of benzene rings is 2. The molecule has 0 unspecified atom stereocenters. The van der Waals surface area contributed by atoms with Crippen LogP contribution in [-0.2, 0) is 6.54 Å². The number of hydrogen-bond acceptors (Lipinski definition) is 6. The van der Waals surface area contributed by atoms with Crippen molar-refractivity contribution in [3.8, 4) is 0 Å². The van der Waals surface area contributed by atoms with Gasteiger partial charge in [0, 0.05) is 28.9 Å². The number of urea groups is 1. The lowest BCUT2D eigenvalue weighted by Crippen LogP contribution is -2.28. The summed E-state index contributed by atoms with van der Waals surface area (Å²) in [6, 6.07) is 15.1. The van der Waals surface area contributed by atoms with Crippen molar-refractivity contribution in [3.63, 3.8) is 0 Å². The first kappa shape index (κ1) is 20.3. The van der Waals surface area contributed by atoms with Gasteiger partial charge < -0.3 is 15.1 Å². The molecule has 3 amide bonds. The Morgan fingerprint density at radius 3 is 2.60 bits per heavy atom. The molecule has 2 aromatic carbocycles. The van der Waals surface area contributed by atoms with Crippen LogP contribution in [0.5, 0.6) is 0 Å². The van der Waals surface area contributed by atoms with Crippen LogP contribution in [0.4, 0.5) is 16.2 Å². The van der Waals surface area contributed by atoms with E-state index in [2.05, 4.69) is 21.2 Å². The maximum atomic E-state index is 12.1. The van der Waals surface area contributed by atoms with Gasteiger partial charge in [0.15, 0.2) is 0 Å². The highest BCUT2D eigenvalue weighted by molar-refractivity contribution is 5.96. The molecule has 0 aliphatic rings. The van der Waals surface area contributed by atoms with E-state index in [1.165, 1.54) is 42.8 Å². The van der Waals surface area contributed by atoms with Crippen LogP contribution in [0.3, 0.4) is 0 Å². The van der Waals surface area contributed by atoms with E-state index in [0.29, 0.717) is 22.6 Å². The molecule has 0 atom stereocenters. The fraction of sp³-hybridized carbons (Fsp3) is 0.0500. The van der Waals surface area contributed by atoms with Gasteiger partial charge in [0.1, 0.15) is 5.76 Å². The summed E-state index contributed by atoms with van der Waals surface area (Å²) in [7, 11) is 0. The van der Waals surface area contributed by atoms with Gasteiger partial charge in [-0.2, -0.15) is 5.10 Å². The molecule has 3 aromatic rings. The molecular formula is C20H17N5O5. The van der Waals surface area contributed by atoms with Gasteiger partial charge in [-0.25, -0.2) is 10.2 Å². The summed E-state index contributed by atoms with van der Waals surface area (Å²) in [4.78, 5) is 34.2. The Balaban J connectivity index is 1.50. The number of rotatable bonds is 7. The SMILES string of the molecule is O=C(NCc1ccco1)Nc1ccc(C(=O)N/N=C\c2cccc([N+](=O)[O-])c2)cc1. The molecule has 0 saturated heterocycles. The third kappa shape index (κ3) is 5.76. The lowest BCUT2D eigenvalue weighted by Gasteiger charge is -2.07. The van der Waals surface area contributed by atoms with E-state index in [-0.39, 0.29) is 12.2 Å². The summed E-state index contributed by atoms with van der Waals surface area (Å²) in [6.45, 7) is 0.252. The lowest BCUT2D eigenvalue weighted by atomic mass is 10.2. The molecule has 0 spiro atoms. The topological polar surface area (TPSA) is 139 Å². The van der Waals surface area contributed by atoms with Crippen molar-refractivity contribution in [2.45, 2.75) is 6.54 Å². The van der Waals surface area contributed by atoms with Gasteiger partial charge in [-0.3, -0.25) is 14.9 Å². The first-order valence-electron chi connectivity index (χ1n) is 8.76. The fourth-order valence-corrected chi connectivity index (χ4v) is 2.41. The maximum absolute atomic E-state index is 12.1. The van der Waals surface area contributed by atoms with E-state index in [9.17, 15) is 19.7 Å². The summed E-state index contributed by atoms with van der Waals surface area (Å²) in [5.74, 6) is 0.160. The van der Waals surface area contributed by atoms with Crippen LogP contribution >= 0.6 is 0 Å². The molecule has 3 rings (SSSR count).